The number of halogens is 1. The van der Waals surface area contributed by atoms with E-state index in [9.17, 15) is 14.5 Å². The van der Waals surface area contributed by atoms with Gasteiger partial charge in [0.2, 0.25) is 0 Å². The molecule has 0 bridgehead atoms. The fraction of sp³-hybridized carbons (Fsp3) is 0.182. The van der Waals surface area contributed by atoms with Crippen LogP contribution in [0.3, 0.4) is 0 Å². The molecule has 1 rings (SSSR count). The second-order valence-electron chi connectivity index (χ2n) is 3.18. The molecule has 0 spiro atoms. The highest BCUT2D eigenvalue weighted by atomic mass is 19.1. The van der Waals surface area contributed by atoms with Gasteiger partial charge in [0.1, 0.15) is 12.0 Å². The van der Waals surface area contributed by atoms with Crippen LogP contribution in [-0.2, 0) is 4.74 Å². The van der Waals surface area contributed by atoms with E-state index in [4.69, 9.17) is 10.1 Å². The fourth-order valence-electron chi connectivity index (χ4n) is 1.18. The van der Waals surface area contributed by atoms with E-state index in [1.807, 2.05) is 0 Å². The van der Waals surface area contributed by atoms with E-state index >= 15 is 0 Å². The molecule has 7 heteroatoms. The molecule has 2 N–H and O–H groups in total. The average Bonchev–Trinajstić information content (AvgIpc) is 2.32. The molecule has 0 aromatic heterocycles. The molecule has 0 fully saturated rings. The Labute approximate surface area is 103 Å². The van der Waals surface area contributed by atoms with Crippen molar-refractivity contribution in [2.45, 2.75) is 6.92 Å². The normalized spacial score (nSPS) is 11.4. The Morgan fingerprint density at radius 1 is 1.56 bits per heavy atom. The largest absolute Gasteiger partial charge is 0.474 e. The lowest BCUT2D eigenvalue weighted by molar-refractivity contribution is -0.417. The lowest BCUT2D eigenvalue weighted by Crippen LogP contribution is -2.13. The lowest BCUT2D eigenvalue weighted by Gasteiger charge is -2.10. The first-order chi connectivity index (χ1) is 8.58. The van der Waals surface area contributed by atoms with Gasteiger partial charge in [-0.25, -0.2) is 4.39 Å². The summed E-state index contributed by atoms with van der Waals surface area (Å²) in [5.74, 6) is -0.562. The molecule has 0 radical (unpaired) electrons. The minimum absolute atomic E-state index is 0.149. The SMILES string of the molecule is CCO/C(Nc1ccc(F)cc1)=C(/C=N)[N+](=O)[O-]. The predicted octanol–water partition coefficient (Wildman–Crippen LogP) is 2.37. The van der Waals surface area contributed by atoms with Gasteiger partial charge in [-0.3, -0.25) is 10.1 Å². The summed E-state index contributed by atoms with van der Waals surface area (Å²) < 4.78 is 17.8. The van der Waals surface area contributed by atoms with Crippen molar-refractivity contribution in [2.24, 2.45) is 0 Å². The molecule has 0 aliphatic heterocycles. The Bertz CT molecular complexity index is 471. The van der Waals surface area contributed by atoms with Gasteiger partial charge in [0.15, 0.2) is 0 Å². The Hall–Kier alpha value is -2.44. The van der Waals surface area contributed by atoms with Crippen LogP contribution in [0.15, 0.2) is 35.8 Å². The van der Waals surface area contributed by atoms with E-state index in [1.54, 1.807) is 6.92 Å². The Balaban J connectivity index is 3.02. The Morgan fingerprint density at radius 3 is 2.61 bits per heavy atom. The van der Waals surface area contributed by atoms with Gasteiger partial charge in [-0.1, -0.05) is 0 Å². The number of rotatable bonds is 6. The van der Waals surface area contributed by atoms with Gasteiger partial charge in [-0.05, 0) is 31.2 Å². The second kappa shape index (κ2) is 6.33. The summed E-state index contributed by atoms with van der Waals surface area (Å²) in [6.45, 7) is 1.86. The Morgan fingerprint density at radius 2 is 2.17 bits per heavy atom. The zero-order valence-electron chi connectivity index (χ0n) is 9.64. The number of hydrogen-bond acceptors (Lipinski definition) is 5. The summed E-state index contributed by atoms with van der Waals surface area (Å²) in [4.78, 5) is 9.98. The van der Waals surface area contributed by atoms with Crippen LogP contribution in [0, 0.1) is 21.3 Å². The maximum absolute atomic E-state index is 12.7. The molecule has 0 aliphatic carbocycles. The van der Waals surface area contributed by atoms with Crippen LogP contribution in [0.1, 0.15) is 6.92 Å². The fourth-order valence-corrected chi connectivity index (χ4v) is 1.18. The van der Waals surface area contributed by atoms with E-state index < -0.39 is 16.4 Å². The summed E-state index contributed by atoms with van der Waals surface area (Å²) in [5.41, 5.74) is -0.0674. The first-order valence-corrected chi connectivity index (χ1v) is 5.13. The van der Waals surface area contributed by atoms with Gasteiger partial charge in [-0.2, -0.15) is 0 Å². The van der Waals surface area contributed by atoms with Crippen molar-refractivity contribution >= 4 is 11.9 Å². The van der Waals surface area contributed by atoms with Crippen LogP contribution in [0.25, 0.3) is 0 Å². The molecule has 0 saturated heterocycles. The van der Waals surface area contributed by atoms with Crippen LogP contribution in [0.4, 0.5) is 10.1 Å². The standard InChI is InChI=1S/C11H12FN3O3/c1-2-18-11(10(7-13)15(16)17)14-9-5-3-8(12)4-6-9/h3-7,13-14H,2H2,1H3/b11-10-,13-7?. The maximum Gasteiger partial charge on any atom is 0.346 e. The second-order valence-corrected chi connectivity index (χ2v) is 3.18. The van der Waals surface area contributed by atoms with Gasteiger partial charge in [-0.15, -0.1) is 0 Å². The first-order valence-electron chi connectivity index (χ1n) is 5.13. The quantitative estimate of drug-likeness (QED) is 0.352. The van der Waals surface area contributed by atoms with Gasteiger partial charge in [0, 0.05) is 5.69 Å². The van der Waals surface area contributed by atoms with Gasteiger partial charge < -0.3 is 15.5 Å². The van der Waals surface area contributed by atoms with Crippen molar-refractivity contribution in [3.63, 3.8) is 0 Å². The molecule has 0 amide bonds. The molecule has 1 aromatic carbocycles. The minimum Gasteiger partial charge on any atom is -0.474 e. The number of anilines is 1. The van der Waals surface area contributed by atoms with Crippen molar-refractivity contribution in [3.05, 3.63) is 51.8 Å². The summed E-state index contributed by atoms with van der Waals surface area (Å²) in [5, 5.41) is 20.3. The molecule has 1 aromatic rings. The third-order valence-electron chi connectivity index (χ3n) is 1.96. The van der Waals surface area contributed by atoms with Crippen molar-refractivity contribution in [1.29, 1.82) is 5.41 Å². The summed E-state index contributed by atoms with van der Waals surface area (Å²) in [7, 11) is 0. The average molecular weight is 253 g/mol. The third kappa shape index (κ3) is 3.55. The van der Waals surface area contributed by atoms with Crippen LogP contribution >= 0.6 is 0 Å². The molecule has 18 heavy (non-hydrogen) atoms. The van der Waals surface area contributed by atoms with E-state index in [0.717, 1.165) is 0 Å². The van der Waals surface area contributed by atoms with Crippen LogP contribution < -0.4 is 5.32 Å². The highest BCUT2D eigenvalue weighted by Gasteiger charge is 2.17. The smallest absolute Gasteiger partial charge is 0.346 e. The maximum atomic E-state index is 12.7. The van der Waals surface area contributed by atoms with E-state index in [-0.39, 0.29) is 12.5 Å². The van der Waals surface area contributed by atoms with E-state index in [2.05, 4.69) is 5.32 Å². The Kier molecular flexibility index (Phi) is 4.79. The van der Waals surface area contributed by atoms with Crippen molar-refractivity contribution in [2.75, 3.05) is 11.9 Å². The van der Waals surface area contributed by atoms with E-state index in [0.29, 0.717) is 11.9 Å². The molecule has 0 aliphatic rings. The number of nitro groups is 1. The number of nitrogens with one attached hydrogen (secondary N) is 2. The molecule has 0 atom stereocenters. The third-order valence-corrected chi connectivity index (χ3v) is 1.96. The molecule has 0 heterocycles. The summed E-state index contributed by atoms with van der Waals surface area (Å²) in [6, 6.07) is 5.25. The molecular weight excluding hydrogens is 241 g/mol. The van der Waals surface area contributed by atoms with Crippen LogP contribution in [0.5, 0.6) is 0 Å². The van der Waals surface area contributed by atoms with E-state index in [1.165, 1.54) is 24.3 Å². The van der Waals surface area contributed by atoms with Crippen molar-refractivity contribution in [3.8, 4) is 0 Å². The monoisotopic (exact) mass is 253 g/mol. The first kappa shape index (κ1) is 13.6. The molecular formula is C11H12FN3O3. The van der Waals surface area contributed by atoms with Gasteiger partial charge in [0.25, 0.3) is 5.88 Å². The number of nitrogens with zero attached hydrogens (tertiary/aromatic N) is 1. The molecule has 6 nitrogen and oxygen atoms in total. The highest BCUT2D eigenvalue weighted by molar-refractivity contribution is 5.74. The molecule has 96 valence electrons. The minimum atomic E-state index is -0.728. The van der Waals surface area contributed by atoms with Crippen LogP contribution in [-0.4, -0.2) is 17.7 Å². The van der Waals surface area contributed by atoms with Crippen molar-refractivity contribution < 1.29 is 14.1 Å². The highest BCUT2D eigenvalue weighted by Crippen LogP contribution is 2.14. The number of allylic oxidation sites excluding steroid dienone is 1. The summed E-state index contributed by atoms with van der Waals surface area (Å²) >= 11 is 0. The number of hydrogen-bond donors (Lipinski definition) is 2. The van der Waals surface area contributed by atoms with Crippen LogP contribution in [0.2, 0.25) is 0 Å². The molecule has 0 unspecified atom stereocenters. The van der Waals surface area contributed by atoms with Crippen molar-refractivity contribution in [1.82, 2.24) is 0 Å². The zero-order valence-corrected chi connectivity index (χ0v) is 9.64. The number of ether oxygens (including phenoxy) is 1. The lowest BCUT2D eigenvalue weighted by atomic mass is 10.3. The van der Waals surface area contributed by atoms with Gasteiger partial charge >= 0.3 is 5.70 Å². The predicted molar refractivity (Wildman–Crippen MR) is 64.5 cm³/mol. The van der Waals surface area contributed by atoms with Gasteiger partial charge in [0.05, 0.1) is 11.5 Å². The summed E-state index contributed by atoms with van der Waals surface area (Å²) in [6.07, 6.45) is 0.585. The zero-order chi connectivity index (χ0) is 13.5. The molecule has 0 saturated carbocycles. The topological polar surface area (TPSA) is 88.2 Å². The number of benzene rings is 1.